The van der Waals surface area contributed by atoms with Gasteiger partial charge in [-0.2, -0.15) is 0 Å². The van der Waals surface area contributed by atoms with E-state index < -0.39 is 0 Å². The van der Waals surface area contributed by atoms with E-state index >= 15 is 0 Å². The summed E-state index contributed by atoms with van der Waals surface area (Å²) in [5.41, 5.74) is 4.05. The van der Waals surface area contributed by atoms with Gasteiger partial charge in [-0.1, -0.05) is 72.8 Å². The van der Waals surface area contributed by atoms with Gasteiger partial charge in [0, 0.05) is 0 Å². The minimum atomic E-state index is -0.320. The average molecular weight is 396 g/mol. The molecule has 0 aromatic heterocycles. The van der Waals surface area contributed by atoms with Gasteiger partial charge in [-0.25, -0.2) is 0 Å². The summed E-state index contributed by atoms with van der Waals surface area (Å²) in [6, 6.07) is 28.2. The first-order valence-corrected chi connectivity index (χ1v) is 10.7. The van der Waals surface area contributed by atoms with Crippen molar-refractivity contribution in [1.29, 1.82) is 0 Å². The number of nitrogens with zero attached hydrogens (tertiary/aromatic N) is 1. The molecule has 0 N–H and O–H groups in total. The molecular formula is C27H25NO2. The second-order valence-electron chi connectivity index (χ2n) is 8.51. The number of imide groups is 1. The molecule has 5 rings (SSSR count). The van der Waals surface area contributed by atoms with Gasteiger partial charge in [0.2, 0.25) is 11.8 Å². The van der Waals surface area contributed by atoms with Crippen molar-refractivity contribution in [2.75, 3.05) is 4.90 Å². The fourth-order valence-corrected chi connectivity index (χ4v) is 5.45. The molecule has 30 heavy (non-hydrogen) atoms. The topological polar surface area (TPSA) is 37.4 Å². The molecule has 0 unspecified atom stereocenters. The summed E-state index contributed by atoms with van der Waals surface area (Å²) in [5, 5.41) is 0. The zero-order valence-electron chi connectivity index (χ0n) is 17.1. The van der Waals surface area contributed by atoms with Crippen molar-refractivity contribution in [2.24, 2.45) is 11.8 Å². The van der Waals surface area contributed by atoms with E-state index in [1.165, 1.54) is 4.90 Å². The van der Waals surface area contributed by atoms with Crippen LogP contribution in [0.1, 0.15) is 41.4 Å². The summed E-state index contributed by atoms with van der Waals surface area (Å²) in [6.07, 6.45) is 1.82. The van der Waals surface area contributed by atoms with Crippen molar-refractivity contribution >= 4 is 17.5 Å². The highest BCUT2D eigenvalue weighted by atomic mass is 16.2. The van der Waals surface area contributed by atoms with Crippen LogP contribution in [0.2, 0.25) is 0 Å². The zero-order valence-corrected chi connectivity index (χ0v) is 17.1. The van der Waals surface area contributed by atoms with Gasteiger partial charge >= 0.3 is 0 Å². The van der Waals surface area contributed by atoms with E-state index in [4.69, 9.17) is 0 Å². The molecule has 2 aliphatic rings. The Balaban J connectivity index is 1.61. The molecule has 1 aliphatic heterocycles. The molecule has 3 aromatic rings. The van der Waals surface area contributed by atoms with Crippen LogP contribution in [0, 0.1) is 18.8 Å². The number of hydrogen-bond acceptors (Lipinski definition) is 2. The molecule has 0 bridgehead atoms. The van der Waals surface area contributed by atoms with Gasteiger partial charge in [0.15, 0.2) is 0 Å². The van der Waals surface area contributed by atoms with Gasteiger partial charge in [0.25, 0.3) is 0 Å². The number of hydrogen-bond donors (Lipinski definition) is 0. The SMILES string of the molecule is Cc1cccc(N2C(=O)[C@@H]3[C@H](C2=O)[C@@H](c2ccccc2)CC[C@@H]3c2ccccc2)c1. The van der Waals surface area contributed by atoms with Crippen molar-refractivity contribution in [1.82, 2.24) is 0 Å². The van der Waals surface area contributed by atoms with Crippen molar-refractivity contribution in [3.05, 3.63) is 102 Å². The second-order valence-corrected chi connectivity index (χ2v) is 8.51. The van der Waals surface area contributed by atoms with Crippen molar-refractivity contribution in [2.45, 2.75) is 31.6 Å². The summed E-state index contributed by atoms with van der Waals surface area (Å²) in [7, 11) is 0. The summed E-state index contributed by atoms with van der Waals surface area (Å²) in [5.74, 6) is -0.598. The van der Waals surface area contributed by atoms with Gasteiger partial charge in [0.1, 0.15) is 0 Å². The first-order chi connectivity index (χ1) is 14.6. The lowest BCUT2D eigenvalue weighted by atomic mass is 9.64. The van der Waals surface area contributed by atoms with Gasteiger partial charge in [-0.3, -0.25) is 14.5 Å². The van der Waals surface area contributed by atoms with Crippen LogP contribution >= 0.6 is 0 Å². The van der Waals surface area contributed by atoms with Crippen molar-refractivity contribution in [3.8, 4) is 0 Å². The number of rotatable bonds is 3. The first-order valence-electron chi connectivity index (χ1n) is 10.7. The van der Waals surface area contributed by atoms with Crippen LogP contribution in [0.4, 0.5) is 5.69 Å². The van der Waals surface area contributed by atoms with E-state index in [-0.39, 0.29) is 35.5 Å². The molecule has 2 fully saturated rings. The number of anilines is 1. The number of aryl methyl sites for hydroxylation is 1. The molecule has 3 aromatic carbocycles. The molecule has 3 heteroatoms. The van der Waals surface area contributed by atoms with Crippen LogP contribution in [-0.4, -0.2) is 11.8 Å². The smallest absolute Gasteiger partial charge is 0.238 e. The minimum Gasteiger partial charge on any atom is -0.274 e. The Hall–Kier alpha value is -3.20. The van der Waals surface area contributed by atoms with Crippen LogP contribution in [0.25, 0.3) is 0 Å². The Kier molecular flexibility index (Phi) is 4.74. The molecule has 2 amide bonds. The first kappa shape index (κ1) is 18.8. The van der Waals surface area contributed by atoms with Gasteiger partial charge in [-0.05, 0) is 60.4 Å². The lowest BCUT2D eigenvalue weighted by molar-refractivity contribution is -0.122. The number of carbonyl (C=O) groups is 2. The highest BCUT2D eigenvalue weighted by Crippen LogP contribution is 2.53. The molecule has 1 heterocycles. The standard InChI is InChI=1S/C27H25NO2/c1-18-9-8-14-21(17-18)28-26(29)24-22(19-10-4-2-5-11-19)15-16-23(25(24)27(28)30)20-12-6-3-7-13-20/h2-14,17,22-25H,15-16H2,1H3/t22-,23-,24-,25+/m1/s1. The average Bonchev–Trinajstić information content (AvgIpc) is 3.05. The Morgan fingerprint density at radius 3 is 1.63 bits per heavy atom. The van der Waals surface area contributed by atoms with E-state index in [1.807, 2.05) is 67.6 Å². The fraction of sp³-hybridized carbons (Fsp3) is 0.259. The third kappa shape index (κ3) is 3.06. The second kappa shape index (κ2) is 7.56. The monoisotopic (exact) mass is 395 g/mol. The van der Waals surface area contributed by atoms with Crippen LogP contribution in [0.3, 0.4) is 0 Å². The summed E-state index contributed by atoms with van der Waals surface area (Å²) >= 11 is 0. The molecule has 150 valence electrons. The fourth-order valence-electron chi connectivity index (χ4n) is 5.45. The van der Waals surface area contributed by atoms with Crippen LogP contribution < -0.4 is 4.90 Å². The summed E-state index contributed by atoms with van der Waals surface area (Å²) < 4.78 is 0. The predicted octanol–water partition coefficient (Wildman–Crippen LogP) is 5.46. The van der Waals surface area contributed by atoms with E-state index in [1.54, 1.807) is 0 Å². The van der Waals surface area contributed by atoms with Crippen LogP contribution in [0.5, 0.6) is 0 Å². The minimum absolute atomic E-state index is 0.0508. The molecule has 0 radical (unpaired) electrons. The molecule has 1 aliphatic carbocycles. The Morgan fingerprint density at radius 2 is 1.17 bits per heavy atom. The molecule has 1 saturated heterocycles. The maximum absolute atomic E-state index is 13.7. The highest BCUT2D eigenvalue weighted by molar-refractivity contribution is 6.22. The lowest BCUT2D eigenvalue weighted by Crippen LogP contribution is -2.34. The molecule has 0 spiro atoms. The summed E-state index contributed by atoms with van der Waals surface area (Å²) in [6.45, 7) is 1.99. The predicted molar refractivity (Wildman–Crippen MR) is 118 cm³/mol. The maximum atomic E-state index is 13.7. The molecule has 1 saturated carbocycles. The number of benzene rings is 3. The van der Waals surface area contributed by atoms with E-state index in [0.717, 1.165) is 29.5 Å². The quantitative estimate of drug-likeness (QED) is 0.552. The van der Waals surface area contributed by atoms with E-state index in [9.17, 15) is 9.59 Å². The van der Waals surface area contributed by atoms with Crippen LogP contribution in [-0.2, 0) is 9.59 Å². The third-order valence-electron chi connectivity index (χ3n) is 6.77. The van der Waals surface area contributed by atoms with Crippen molar-refractivity contribution in [3.63, 3.8) is 0 Å². The molecule has 3 nitrogen and oxygen atoms in total. The maximum Gasteiger partial charge on any atom is 0.238 e. The lowest BCUT2D eigenvalue weighted by Gasteiger charge is -2.37. The van der Waals surface area contributed by atoms with Crippen LogP contribution in [0.15, 0.2) is 84.9 Å². The van der Waals surface area contributed by atoms with E-state index in [2.05, 4.69) is 24.3 Å². The van der Waals surface area contributed by atoms with Gasteiger partial charge in [-0.15, -0.1) is 0 Å². The molecule has 4 atom stereocenters. The number of amides is 2. The van der Waals surface area contributed by atoms with Crippen molar-refractivity contribution < 1.29 is 9.59 Å². The number of fused-ring (bicyclic) bond motifs is 1. The van der Waals surface area contributed by atoms with E-state index in [0.29, 0.717) is 5.69 Å². The Labute approximate surface area is 177 Å². The highest BCUT2D eigenvalue weighted by Gasteiger charge is 2.56. The largest absolute Gasteiger partial charge is 0.274 e. The number of carbonyl (C=O) groups excluding carboxylic acids is 2. The zero-order chi connectivity index (χ0) is 20.7. The van der Waals surface area contributed by atoms with Gasteiger partial charge < -0.3 is 0 Å². The molecular weight excluding hydrogens is 370 g/mol. The Morgan fingerprint density at radius 1 is 0.667 bits per heavy atom. The Bertz CT molecular complexity index is 1010. The van der Waals surface area contributed by atoms with Gasteiger partial charge in [0.05, 0.1) is 17.5 Å². The summed E-state index contributed by atoms with van der Waals surface area (Å²) in [4.78, 5) is 28.9. The third-order valence-corrected chi connectivity index (χ3v) is 6.77. The normalized spacial score (nSPS) is 26.0.